The van der Waals surface area contributed by atoms with E-state index in [2.05, 4.69) is 10.6 Å². The molecule has 3 rings (SSSR count). The fraction of sp³-hybridized carbons (Fsp3) is 0.0909. The Morgan fingerprint density at radius 3 is 2.33 bits per heavy atom. The van der Waals surface area contributed by atoms with E-state index in [1.54, 1.807) is 24.3 Å². The number of amides is 2. The second-order valence-corrected chi connectivity index (χ2v) is 7.00. The van der Waals surface area contributed by atoms with Gasteiger partial charge in [-0.1, -0.05) is 53.6 Å². The lowest BCUT2D eigenvalue weighted by atomic mass is 10.1. The zero-order valence-electron chi connectivity index (χ0n) is 16.0. The minimum Gasteiger partial charge on any atom is -0.348 e. The Morgan fingerprint density at radius 1 is 0.967 bits per heavy atom. The van der Waals surface area contributed by atoms with Gasteiger partial charge in [-0.3, -0.25) is 19.7 Å². The van der Waals surface area contributed by atoms with E-state index >= 15 is 0 Å². The van der Waals surface area contributed by atoms with Gasteiger partial charge in [-0.05, 0) is 30.7 Å². The Kier molecular flexibility index (Phi) is 6.44. The third-order valence-corrected chi connectivity index (χ3v) is 4.71. The number of non-ortho nitro benzene ring substituents is 1. The van der Waals surface area contributed by atoms with E-state index in [0.29, 0.717) is 12.2 Å². The fourth-order valence-electron chi connectivity index (χ4n) is 2.76. The molecule has 0 atom stereocenters. The summed E-state index contributed by atoms with van der Waals surface area (Å²) in [6.45, 7) is 2.33. The van der Waals surface area contributed by atoms with Crippen LogP contribution in [-0.2, 0) is 6.54 Å². The van der Waals surface area contributed by atoms with Crippen LogP contribution in [0.1, 0.15) is 31.8 Å². The number of nitrogens with zero attached hydrogens (tertiary/aromatic N) is 1. The highest BCUT2D eigenvalue weighted by molar-refractivity contribution is 6.34. The molecule has 2 N–H and O–H groups in total. The van der Waals surface area contributed by atoms with E-state index in [0.717, 1.165) is 17.2 Å². The Hall–Kier alpha value is -3.71. The zero-order valence-corrected chi connectivity index (χ0v) is 16.8. The number of para-hydroxylation sites is 1. The van der Waals surface area contributed by atoms with Crippen molar-refractivity contribution in [3.05, 3.63) is 104 Å². The SMILES string of the molecule is Cc1ccc(CNC(=O)c2ccccc2NC(=O)c2ccc([N+](=O)[O-])cc2Cl)cc1. The van der Waals surface area contributed by atoms with E-state index in [1.165, 1.54) is 12.1 Å². The van der Waals surface area contributed by atoms with Crippen LogP contribution < -0.4 is 10.6 Å². The summed E-state index contributed by atoms with van der Waals surface area (Å²) in [5.74, 6) is -0.921. The number of aryl methyl sites for hydroxylation is 1. The minimum absolute atomic E-state index is 0.0528. The highest BCUT2D eigenvalue weighted by Crippen LogP contribution is 2.24. The molecule has 0 aliphatic heterocycles. The lowest BCUT2D eigenvalue weighted by Gasteiger charge is -2.12. The van der Waals surface area contributed by atoms with Crippen LogP contribution in [0.25, 0.3) is 0 Å². The van der Waals surface area contributed by atoms with Crippen LogP contribution in [0.5, 0.6) is 0 Å². The van der Waals surface area contributed by atoms with Gasteiger partial charge in [0.15, 0.2) is 0 Å². The molecular formula is C22H18ClN3O4. The predicted molar refractivity (Wildman–Crippen MR) is 115 cm³/mol. The maximum atomic E-state index is 12.6. The molecule has 0 saturated carbocycles. The van der Waals surface area contributed by atoms with Crippen LogP contribution in [0.3, 0.4) is 0 Å². The number of rotatable bonds is 6. The standard InChI is InChI=1S/C22H18ClN3O4/c1-14-6-8-15(9-7-14)13-24-21(27)18-4-2-3-5-20(18)25-22(28)17-11-10-16(26(29)30)12-19(17)23/h2-12H,13H2,1H3,(H,24,27)(H,25,28). The summed E-state index contributed by atoms with van der Waals surface area (Å²) in [5, 5.41) is 16.3. The van der Waals surface area contributed by atoms with E-state index in [-0.39, 0.29) is 27.7 Å². The maximum absolute atomic E-state index is 12.6. The van der Waals surface area contributed by atoms with Crippen LogP contribution >= 0.6 is 11.6 Å². The van der Waals surface area contributed by atoms with E-state index in [4.69, 9.17) is 11.6 Å². The number of nitro benzene ring substituents is 1. The molecule has 152 valence electrons. The first-order valence-electron chi connectivity index (χ1n) is 9.03. The van der Waals surface area contributed by atoms with Crippen molar-refractivity contribution < 1.29 is 14.5 Å². The maximum Gasteiger partial charge on any atom is 0.270 e. The van der Waals surface area contributed by atoms with Crippen molar-refractivity contribution in [2.24, 2.45) is 0 Å². The molecule has 7 nitrogen and oxygen atoms in total. The number of nitrogens with one attached hydrogen (secondary N) is 2. The number of nitro groups is 1. The topological polar surface area (TPSA) is 101 Å². The number of carbonyl (C=O) groups excluding carboxylic acids is 2. The molecule has 3 aromatic carbocycles. The predicted octanol–water partition coefficient (Wildman–Crippen LogP) is 4.74. The molecule has 30 heavy (non-hydrogen) atoms. The Balaban J connectivity index is 1.74. The summed E-state index contributed by atoms with van der Waals surface area (Å²) >= 11 is 6.02. The Labute approximate surface area is 177 Å². The van der Waals surface area contributed by atoms with Gasteiger partial charge in [-0.25, -0.2) is 0 Å². The third-order valence-electron chi connectivity index (χ3n) is 4.40. The van der Waals surface area contributed by atoms with Crippen LogP contribution in [-0.4, -0.2) is 16.7 Å². The summed E-state index contributed by atoms with van der Waals surface area (Å²) in [6.07, 6.45) is 0. The lowest BCUT2D eigenvalue weighted by Crippen LogP contribution is -2.25. The fourth-order valence-corrected chi connectivity index (χ4v) is 3.03. The molecule has 0 unspecified atom stereocenters. The Morgan fingerprint density at radius 2 is 1.67 bits per heavy atom. The minimum atomic E-state index is -0.596. The third kappa shape index (κ3) is 5.01. The molecular weight excluding hydrogens is 406 g/mol. The highest BCUT2D eigenvalue weighted by atomic mass is 35.5. The number of carbonyl (C=O) groups is 2. The molecule has 0 fully saturated rings. The molecule has 0 spiro atoms. The van der Waals surface area contributed by atoms with Gasteiger partial charge in [0.25, 0.3) is 17.5 Å². The molecule has 0 aliphatic carbocycles. The van der Waals surface area contributed by atoms with Crippen LogP contribution in [0.2, 0.25) is 5.02 Å². The highest BCUT2D eigenvalue weighted by Gasteiger charge is 2.18. The average molecular weight is 424 g/mol. The summed E-state index contributed by atoms with van der Waals surface area (Å²) in [7, 11) is 0. The first-order valence-corrected chi connectivity index (χ1v) is 9.41. The largest absolute Gasteiger partial charge is 0.348 e. The van der Waals surface area contributed by atoms with Gasteiger partial charge in [0.05, 0.1) is 26.8 Å². The molecule has 2 amide bonds. The molecule has 0 bridgehead atoms. The smallest absolute Gasteiger partial charge is 0.270 e. The van der Waals surface area contributed by atoms with Gasteiger partial charge in [0.2, 0.25) is 0 Å². The molecule has 0 saturated heterocycles. The van der Waals surface area contributed by atoms with Gasteiger partial charge >= 0.3 is 0 Å². The molecule has 0 heterocycles. The molecule has 0 aromatic heterocycles. The first-order chi connectivity index (χ1) is 14.3. The summed E-state index contributed by atoms with van der Waals surface area (Å²) in [6, 6.07) is 17.9. The van der Waals surface area contributed by atoms with Crippen LogP contribution in [0, 0.1) is 17.0 Å². The zero-order chi connectivity index (χ0) is 21.7. The average Bonchev–Trinajstić information content (AvgIpc) is 2.73. The van der Waals surface area contributed by atoms with Crippen molar-refractivity contribution in [1.29, 1.82) is 0 Å². The second-order valence-electron chi connectivity index (χ2n) is 6.59. The second kappa shape index (κ2) is 9.19. The van der Waals surface area contributed by atoms with Crippen molar-refractivity contribution in [2.45, 2.75) is 13.5 Å². The molecule has 0 aliphatic rings. The summed E-state index contributed by atoms with van der Waals surface area (Å²) in [4.78, 5) is 35.5. The van der Waals surface area contributed by atoms with E-state index in [9.17, 15) is 19.7 Å². The van der Waals surface area contributed by atoms with Crippen molar-refractivity contribution in [3.8, 4) is 0 Å². The van der Waals surface area contributed by atoms with Crippen molar-refractivity contribution in [1.82, 2.24) is 5.32 Å². The summed E-state index contributed by atoms with van der Waals surface area (Å²) < 4.78 is 0. The van der Waals surface area contributed by atoms with E-state index < -0.39 is 10.8 Å². The first kappa shape index (κ1) is 21.0. The van der Waals surface area contributed by atoms with Gasteiger partial charge < -0.3 is 10.6 Å². The number of hydrogen-bond donors (Lipinski definition) is 2. The number of halogens is 1. The van der Waals surface area contributed by atoms with Crippen molar-refractivity contribution >= 4 is 34.8 Å². The van der Waals surface area contributed by atoms with Crippen LogP contribution in [0.15, 0.2) is 66.7 Å². The molecule has 3 aromatic rings. The Bertz CT molecular complexity index is 1110. The molecule has 8 heteroatoms. The van der Waals surface area contributed by atoms with E-state index in [1.807, 2.05) is 31.2 Å². The van der Waals surface area contributed by atoms with Gasteiger partial charge in [0, 0.05) is 18.7 Å². The number of hydrogen-bond acceptors (Lipinski definition) is 4. The summed E-state index contributed by atoms with van der Waals surface area (Å²) in [5.41, 5.74) is 2.52. The monoisotopic (exact) mass is 423 g/mol. The molecule has 0 radical (unpaired) electrons. The quantitative estimate of drug-likeness (QED) is 0.441. The van der Waals surface area contributed by atoms with Gasteiger partial charge in [-0.15, -0.1) is 0 Å². The van der Waals surface area contributed by atoms with Crippen molar-refractivity contribution in [2.75, 3.05) is 5.32 Å². The lowest BCUT2D eigenvalue weighted by molar-refractivity contribution is -0.384. The van der Waals surface area contributed by atoms with Gasteiger partial charge in [-0.2, -0.15) is 0 Å². The number of anilines is 1. The van der Waals surface area contributed by atoms with Crippen LogP contribution in [0.4, 0.5) is 11.4 Å². The number of benzene rings is 3. The van der Waals surface area contributed by atoms with Crippen molar-refractivity contribution in [3.63, 3.8) is 0 Å². The normalized spacial score (nSPS) is 10.3. The van der Waals surface area contributed by atoms with Gasteiger partial charge in [0.1, 0.15) is 0 Å².